The summed E-state index contributed by atoms with van der Waals surface area (Å²) in [5.74, 6) is -0.126. The lowest BCUT2D eigenvalue weighted by molar-refractivity contribution is -0.143. The summed E-state index contributed by atoms with van der Waals surface area (Å²) in [5.41, 5.74) is 0. The molecule has 0 saturated carbocycles. The van der Waals surface area contributed by atoms with Crippen molar-refractivity contribution in [1.82, 2.24) is 5.32 Å². The Morgan fingerprint density at radius 3 is 1.13 bits per heavy atom. The van der Waals surface area contributed by atoms with Crippen molar-refractivity contribution in [1.29, 1.82) is 0 Å². The van der Waals surface area contributed by atoms with Gasteiger partial charge in [0.25, 0.3) is 0 Å². The Morgan fingerprint density at radius 2 is 0.746 bits per heavy atom. The van der Waals surface area contributed by atoms with Crippen LogP contribution in [0.4, 0.5) is 0 Å². The lowest BCUT2D eigenvalue weighted by atomic mass is 10.0. The Bertz CT molecular complexity index is 1020. The van der Waals surface area contributed by atoms with Crippen molar-refractivity contribution in [3.05, 3.63) is 36.5 Å². The van der Waals surface area contributed by atoms with E-state index in [1.165, 1.54) is 180 Å². The number of unbranched alkanes of at least 4 members (excludes halogenated alkanes) is 36. The Hall–Kier alpha value is -1.92. The maximum Gasteiger partial charge on any atom is 0.305 e. The van der Waals surface area contributed by atoms with Gasteiger partial charge in [0, 0.05) is 12.8 Å². The maximum atomic E-state index is 12.5. The van der Waals surface area contributed by atoms with E-state index in [-0.39, 0.29) is 18.5 Å². The molecule has 0 rings (SSSR count). The molecule has 6 nitrogen and oxygen atoms in total. The van der Waals surface area contributed by atoms with Crippen molar-refractivity contribution in [3.8, 4) is 0 Å². The third-order valence-electron chi connectivity index (χ3n) is 12.6. The number of carbonyl (C=O) groups excluding carboxylic acids is 2. The highest BCUT2D eigenvalue weighted by atomic mass is 16.5. The molecule has 0 fully saturated rings. The standard InChI is InChI=1S/C57H107NO5/c1-3-5-7-9-11-13-15-17-19-20-21-22-23-24-25-29-33-37-41-45-49-55(60)54(53-59)58-56(61)50-46-42-38-34-30-27-28-32-36-40-44-48-52-63-57(62)51-47-43-39-35-31-26-18-16-14-12-10-8-6-4-2/h16,18,28,32,45,49,54-55,59-60H,3-15,17,19-27,29-31,33-44,46-48,50-53H2,1-2H3,(H,58,61)/b18-16-,32-28-,49-45+. The summed E-state index contributed by atoms with van der Waals surface area (Å²) in [4.78, 5) is 24.5. The minimum atomic E-state index is -0.862. The highest BCUT2D eigenvalue weighted by Crippen LogP contribution is 2.16. The monoisotopic (exact) mass is 886 g/mol. The molecule has 0 aromatic rings. The fourth-order valence-corrected chi connectivity index (χ4v) is 8.33. The van der Waals surface area contributed by atoms with Crippen molar-refractivity contribution >= 4 is 11.9 Å². The number of amides is 1. The Balaban J connectivity index is 3.55. The van der Waals surface area contributed by atoms with Crippen LogP contribution in [-0.4, -0.2) is 47.4 Å². The molecular weight excluding hydrogens is 779 g/mol. The van der Waals surface area contributed by atoms with Gasteiger partial charge in [-0.3, -0.25) is 9.59 Å². The summed E-state index contributed by atoms with van der Waals surface area (Å²) in [5, 5.41) is 23.1. The van der Waals surface area contributed by atoms with Gasteiger partial charge in [-0.2, -0.15) is 0 Å². The fourth-order valence-electron chi connectivity index (χ4n) is 8.33. The minimum absolute atomic E-state index is 0.0330. The molecule has 0 spiro atoms. The average Bonchev–Trinajstić information content (AvgIpc) is 3.28. The summed E-state index contributed by atoms with van der Waals surface area (Å²) < 4.78 is 5.44. The van der Waals surface area contributed by atoms with E-state index >= 15 is 0 Å². The second-order valence-electron chi connectivity index (χ2n) is 18.9. The maximum absolute atomic E-state index is 12.5. The molecule has 0 heterocycles. The molecule has 0 aromatic carbocycles. The lowest BCUT2D eigenvalue weighted by Gasteiger charge is -2.20. The van der Waals surface area contributed by atoms with Gasteiger partial charge in [-0.1, -0.05) is 224 Å². The lowest BCUT2D eigenvalue weighted by Crippen LogP contribution is -2.45. The first-order chi connectivity index (χ1) is 31.0. The minimum Gasteiger partial charge on any atom is -0.466 e. The third kappa shape index (κ3) is 49.4. The molecule has 2 unspecified atom stereocenters. The Kier molecular flexibility index (Phi) is 51.1. The van der Waals surface area contributed by atoms with Gasteiger partial charge >= 0.3 is 5.97 Å². The molecule has 63 heavy (non-hydrogen) atoms. The molecule has 2 atom stereocenters. The van der Waals surface area contributed by atoms with Crippen molar-refractivity contribution in [2.75, 3.05) is 13.2 Å². The molecule has 0 aliphatic rings. The number of allylic oxidation sites excluding steroid dienone is 5. The van der Waals surface area contributed by atoms with Crippen LogP contribution in [0, 0.1) is 0 Å². The second-order valence-corrected chi connectivity index (χ2v) is 18.9. The zero-order valence-corrected chi connectivity index (χ0v) is 42.1. The van der Waals surface area contributed by atoms with Crippen molar-refractivity contribution in [3.63, 3.8) is 0 Å². The fraction of sp³-hybridized carbons (Fsp3) is 0.860. The largest absolute Gasteiger partial charge is 0.466 e. The molecule has 1 amide bonds. The van der Waals surface area contributed by atoms with Gasteiger partial charge in [0.05, 0.1) is 25.4 Å². The summed E-state index contributed by atoms with van der Waals surface area (Å²) in [7, 11) is 0. The van der Waals surface area contributed by atoms with Crippen LogP contribution in [0.25, 0.3) is 0 Å². The molecule has 0 aliphatic heterocycles. The van der Waals surface area contributed by atoms with Crippen LogP contribution in [0.15, 0.2) is 36.5 Å². The molecule has 0 aliphatic carbocycles. The molecule has 0 bridgehead atoms. The molecule has 370 valence electrons. The van der Waals surface area contributed by atoms with E-state index in [4.69, 9.17) is 4.74 Å². The van der Waals surface area contributed by atoms with Gasteiger partial charge in [-0.05, 0) is 89.9 Å². The summed E-state index contributed by atoms with van der Waals surface area (Å²) in [6.07, 6.45) is 64.4. The summed E-state index contributed by atoms with van der Waals surface area (Å²) >= 11 is 0. The van der Waals surface area contributed by atoms with Crippen LogP contribution in [0.1, 0.15) is 290 Å². The van der Waals surface area contributed by atoms with Crippen LogP contribution in [-0.2, 0) is 14.3 Å². The molecule has 0 radical (unpaired) electrons. The van der Waals surface area contributed by atoms with Crippen LogP contribution < -0.4 is 5.32 Å². The van der Waals surface area contributed by atoms with Crippen LogP contribution >= 0.6 is 0 Å². The first-order valence-corrected chi connectivity index (χ1v) is 27.8. The topological polar surface area (TPSA) is 95.9 Å². The molecule has 0 saturated heterocycles. The number of hydrogen-bond donors (Lipinski definition) is 3. The van der Waals surface area contributed by atoms with E-state index in [0.717, 1.165) is 83.5 Å². The Labute approximate surface area is 392 Å². The van der Waals surface area contributed by atoms with E-state index < -0.39 is 12.1 Å². The SMILES string of the molecule is CCCCCCC/C=C\CCCCCCCC(=O)OCCCCC/C=C\CCCCCCCC(=O)NC(CO)C(O)/C=C/CCCCCCCCCCCCCCCCCCCC. The molecule has 0 aromatic heterocycles. The smallest absolute Gasteiger partial charge is 0.305 e. The first-order valence-electron chi connectivity index (χ1n) is 27.8. The van der Waals surface area contributed by atoms with Crippen LogP contribution in [0.3, 0.4) is 0 Å². The van der Waals surface area contributed by atoms with E-state index in [0.29, 0.717) is 19.4 Å². The normalized spacial score (nSPS) is 12.9. The number of esters is 1. The quantitative estimate of drug-likeness (QED) is 0.0321. The Morgan fingerprint density at radius 1 is 0.429 bits per heavy atom. The highest BCUT2D eigenvalue weighted by molar-refractivity contribution is 5.76. The zero-order chi connectivity index (χ0) is 45.8. The molecular formula is C57H107NO5. The highest BCUT2D eigenvalue weighted by Gasteiger charge is 2.18. The van der Waals surface area contributed by atoms with Gasteiger partial charge in [-0.25, -0.2) is 0 Å². The third-order valence-corrected chi connectivity index (χ3v) is 12.6. The predicted octanol–water partition coefficient (Wildman–Crippen LogP) is 16.9. The van der Waals surface area contributed by atoms with E-state index in [9.17, 15) is 19.8 Å². The van der Waals surface area contributed by atoms with Gasteiger partial charge in [0.2, 0.25) is 5.91 Å². The van der Waals surface area contributed by atoms with Crippen LogP contribution in [0.5, 0.6) is 0 Å². The molecule has 6 heteroatoms. The number of carbonyl (C=O) groups is 2. The first kappa shape index (κ1) is 61.1. The number of nitrogens with one attached hydrogen (secondary N) is 1. The number of aliphatic hydroxyl groups excluding tert-OH is 2. The van der Waals surface area contributed by atoms with Crippen molar-refractivity contribution < 1.29 is 24.5 Å². The molecule has 3 N–H and O–H groups in total. The van der Waals surface area contributed by atoms with Gasteiger partial charge in [-0.15, -0.1) is 0 Å². The van der Waals surface area contributed by atoms with Gasteiger partial charge in [0.1, 0.15) is 0 Å². The summed E-state index contributed by atoms with van der Waals surface area (Å²) in [6.45, 7) is 4.84. The van der Waals surface area contributed by atoms with Gasteiger partial charge < -0.3 is 20.3 Å². The van der Waals surface area contributed by atoms with Crippen molar-refractivity contribution in [2.45, 2.75) is 302 Å². The number of rotatable bonds is 51. The van der Waals surface area contributed by atoms with Gasteiger partial charge in [0.15, 0.2) is 0 Å². The van der Waals surface area contributed by atoms with E-state index in [2.05, 4.69) is 43.5 Å². The second kappa shape index (κ2) is 52.7. The van der Waals surface area contributed by atoms with Crippen molar-refractivity contribution in [2.24, 2.45) is 0 Å². The number of ether oxygens (including phenoxy) is 1. The number of hydrogen-bond acceptors (Lipinski definition) is 5. The van der Waals surface area contributed by atoms with Crippen LogP contribution in [0.2, 0.25) is 0 Å². The number of aliphatic hydroxyl groups is 2. The zero-order valence-electron chi connectivity index (χ0n) is 42.1. The van der Waals surface area contributed by atoms with E-state index in [1.807, 2.05) is 6.08 Å². The predicted molar refractivity (Wildman–Crippen MR) is 273 cm³/mol. The summed E-state index contributed by atoms with van der Waals surface area (Å²) in [6, 6.07) is -0.648. The van der Waals surface area contributed by atoms with E-state index in [1.54, 1.807) is 6.08 Å². The average molecular weight is 886 g/mol.